The van der Waals surface area contributed by atoms with Crippen LogP contribution in [0.5, 0.6) is 5.75 Å². The zero-order valence-electron chi connectivity index (χ0n) is 12.3. The molecule has 0 spiro atoms. The molecule has 0 aromatic heterocycles. The van der Waals surface area contributed by atoms with E-state index in [9.17, 15) is 0 Å². The molecule has 1 saturated heterocycles. The SMILES string of the molecule is CCNC(c1cc(Cl)c(OCC)cc1Cl)C1COCCO1. The van der Waals surface area contributed by atoms with Crippen LogP contribution in [0.3, 0.4) is 0 Å². The number of hydrogen-bond acceptors (Lipinski definition) is 4. The van der Waals surface area contributed by atoms with Gasteiger partial charge in [0, 0.05) is 11.1 Å². The summed E-state index contributed by atoms with van der Waals surface area (Å²) in [5.41, 5.74) is 0.905. The summed E-state index contributed by atoms with van der Waals surface area (Å²) in [5, 5.41) is 4.56. The highest BCUT2D eigenvalue weighted by molar-refractivity contribution is 6.34. The highest BCUT2D eigenvalue weighted by Gasteiger charge is 2.28. The Morgan fingerprint density at radius 3 is 2.71 bits per heavy atom. The molecule has 0 amide bonds. The fourth-order valence-electron chi connectivity index (χ4n) is 2.41. The smallest absolute Gasteiger partial charge is 0.139 e. The van der Waals surface area contributed by atoms with Crippen LogP contribution >= 0.6 is 23.2 Å². The minimum Gasteiger partial charge on any atom is -0.492 e. The number of hydrogen-bond donors (Lipinski definition) is 1. The van der Waals surface area contributed by atoms with Crippen LogP contribution in [0, 0.1) is 0 Å². The number of benzene rings is 1. The summed E-state index contributed by atoms with van der Waals surface area (Å²) >= 11 is 12.7. The lowest BCUT2D eigenvalue weighted by Gasteiger charge is -2.32. The maximum Gasteiger partial charge on any atom is 0.139 e. The Hall–Kier alpha value is -0.520. The standard InChI is InChI=1S/C15H21Cl2NO3/c1-3-18-15(14-9-19-5-6-21-14)10-7-12(17)13(20-4-2)8-11(10)16/h7-8,14-15,18H,3-6,9H2,1-2H3. The van der Waals surface area contributed by atoms with Gasteiger partial charge in [-0.2, -0.15) is 0 Å². The molecule has 2 atom stereocenters. The number of rotatable bonds is 6. The van der Waals surface area contributed by atoms with E-state index in [2.05, 4.69) is 5.32 Å². The number of nitrogens with one attached hydrogen (secondary N) is 1. The van der Waals surface area contributed by atoms with Gasteiger partial charge >= 0.3 is 0 Å². The normalized spacial score (nSPS) is 20.3. The quantitative estimate of drug-likeness (QED) is 0.865. The summed E-state index contributed by atoms with van der Waals surface area (Å²) in [6.45, 7) is 7.06. The van der Waals surface area contributed by atoms with E-state index in [0.29, 0.717) is 42.2 Å². The van der Waals surface area contributed by atoms with Gasteiger partial charge in [0.2, 0.25) is 0 Å². The van der Waals surface area contributed by atoms with Crippen LogP contribution in [0.4, 0.5) is 0 Å². The molecule has 118 valence electrons. The Bertz CT molecular complexity index is 464. The molecular weight excluding hydrogens is 313 g/mol. The van der Waals surface area contributed by atoms with E-state index in [4.69, 9.17) is 37.4 Å². The van der Waals surface area contributed by atoms with Gasteiger partial charge in [0.15, 0.2) is 0 Å². The van der Waals surface area contributed by atoms with Gasteiger partial charge < -0.3 is 19.5 Å². The monoisotopic (exact) mass is 333 g/mol. The van der Waals surface area contributed by atoms with Crippen molar-refractivity contribution in [2.75, 3.05) is 33.0 Å². The molecule has 1 aromatic carbocycles. The molecule has 4 nitrogen and oxygen atoms in total. The van der Waals surface area contributed by atoms with E-state index in [0.717, 1.165) is 12.1 Å². The van der Waals surface area contributed by atoms with Gasteiger partial charge in [-0.15, -0.1) is 0 Å². The van der Waals surface area contributed by atoms with Gasteiger partial charge in [-0.1, -0.05) is 30.1 Å². The van der Waals surface area contributed by atoms with Gasteiger partial charge in [-0.05, 0) is 25.1 Å². The number of halogens is 2. The third-order valence-electron chi connectivity index (χ3n) is 3.32. The first-order valence-corrected chi connectivity index (χ1v) is 7.97. The van der Waals surface area contributed by atoms with Crippen molar-refractivity contribution in [3.05, 3.63) is 27.7 Å². The molecule has 1 aliphatic heterocycles. The minimum absolute atomic E-state index is 0.0593. The molecule has 1 aromatic rings. The molecule has 0 bridgehead atoms. The van der Waals surface area contributed by atoms with Gasteiger partial charge in [-0.25, -0.2) is 0 Å². The lowest BCUT2D eigenvalue weighted by molar-refractivity contribution is -0.102. The second-order valence-corrected chi connectivity index (χ2v) is 5.57. The van der Waals surface area contributed by atoms with Gasteiger partial charge in [-0.3, -0.25) is 0 Å². The second-order valence-electron chi connectivity index (χ2n) is 4.76. The summed E-state index contributed by atoms with van der Waals surface area (Å²) in [6.07, 6.45) is -0.0785. The summed E-state index contributed by atoms with van der Waals surface area (Å²) in [6, 6.07) is 3.55. The molecule has 1 N–H and O–H groups in total. The zero-order valence-corrected chi connectivity index (χ0v) is 13.8. The summed E-state index contributed by atoms with van der Waals surface area (Å²) in [4.78, 5) is 0. The van der Waals surface area contributed by atoms with Crippen molar-refractivity contribution in [3.63, 3.8) is 0 Å². The summed E-state index contributed by atoms with van der Waals surface area (Å²) < 4.78 is 16.8. The molecule has 2 rings (SSSR count). The molecule has 0 saturated carbocycles. The predicted octanol–water partition coefficient (Wildman–Crippen LogP) is 3.46. The van der Waals surface area contributed by atoms with E-state index in [1.807, 2.05) is 19.9 Å². The maximum atomic E-state index is 6.41. The topological polar surface area (TPSA) is 39.7 Å². The Morgan fingerprint density at radius 2 is 2.10 bits per heavy atom. The molecule has 1 heterocycles. The molecule has 0 radical (unpaired) electrons. The van der Waals surface area contributed by atoms with Crippen molar-refractivity contribution in [1.29, 1.82) is 0 Å². The number of ether oxygens (including phenoxy) is 3. The van der Waals surface area contributed by atoms with E-state index in [1.54, 1.807) is 6.07 Å². The number of likely N-dealkylation sites (N-methyl/N-ethyl adjacent to an activating group) is 1. The minimum atomic E-state index is -0.0785. The fraction of sp³-hybridized carbons (Fsp3) is 0.600. The van der Waals surface area contributed by atoms with Gasteiger partial charge in [0.05, 0.1) is 37.5 Å². The molecule has 21 heavy (non-hydrogen) atoms. The highest BCUT2D eigenvalue weighted by atomic mass is 35.5. The average molecular weight is 334 g/mol. The maximum absolute atomic E-state index is 6.41. The Labute approximate surface area is 135 Å². The van der Waals surface area contributed by atoms with E-state index >= 15 is 0 Å². The van der Waals surface area contributed by atoms with Crippen LogP contribution in [0.1, 0.15) is 25.5 Å². The van der Waals surface area contributed by atoms with E-state index in [-0.39, 0.29) is 12.1 Å². The summed E-state index contributed by atoms with van der Waals surface area (Å²) in [7, 11) is 0. The Balaban J connectivity index is 2.28. The van der Waals surface area contributed by atoms with Gasteiger partial charge in [0.1, 0.15) is 11.9 Å². The highest BCUT2D eigenvalue weighted by Crippen LogP contribution is 2.36. The van der Waals surface area contributed by atoms with Crippen molar-refractivity contribution in [1.82, 2.24) is 5.32 Å². The molecule has 0 aliphatic carbocycles. The van der Waals surface area contributed by atoms with E-state index < -0.39 is 0 Å². The van der Waals surface area contributed by atoms with Crippen LogP contribution < -0.4 is 10.1 Å². The van der Waals surface area contributed by atoms with Crippen LogP contribution in [0.25, 0.3) is 0 Å². The zero-order chi connectivity index (χ0) is 15.2. The first-order valence-electron chi connectivity index (χ1n) is 7.21. The molecule has 2 unspecified atom stereocenters. The Morgan fingerprint density at radius 1 is 1.29 bits per heavy atom. The van der Waals surface area contributed by atoms with E-state index in [1.165, 1.54) is 0 Å². The van der Waals surface area contributed by atoms with Crippen molar-refractivity contribution < 1.29 is 14.2 Å². The van der Waals surface area contributed by atoms with Crippen LogP contribution in [0.15, 0.2) is 12.1 Å². The second kappa shape index (κ2) is 8.20. The first kappa shape index (κ1) is 16.8. The Kier molecular flexibility index (Phi) is 6.58. The van der Waals surface area contributed by atoms with Crippen molar-refractivity contribution in [2.24, 2.45) is 0 Å². The fourth-order valence-corrected chi connectivity index (χ4v) is 2.91. The molecular formula is C15H21Cl2NO3. The van der Waals surface area contributed by atoms with Crippen molar-refractivity contribution in [3.8, 4) is 5.75 Å². The summed E-state index contributed by atoms with van der Waals surface area (Å²) in [5.74, 6) is 0.601. The van der Waals surface area contributed by atoms with Crippen LogP contribution in [-0.2, 0) is 9.47 Å². The van der Waals surface area contributed by atoms with Crippen LogP contribution in [0.2, 0.25) is 10.0 Å². The predicted molar refractivity (Wildman–Crippen MR) is 84.6 cm³/mol. The lowest BCUT2D eigenvalue weighted by Crippen LogP contribution is -2.40. The van der Waals surface area contributed by atoms with Gasteiger partial charge in [0.25, 0.3) is 0 Å². The van der Waals surface area contributed by atoms with Crippen LogP contribution in [-0.4, -0.2) is 39.1 Å². The first-order chi connectivity index (χ1) is 10.2. The molecule has 1 fully saturated rings. The average Bonchev–Trinajstić information content (AvgIpc) is 2.50. The van der Waals surface area contributed by atoms with Crippen molar-refractivity contribution >= 4 is 23.2 Å². The lowest BCUT2D eigenvalue weighted by atomic mass is 10.0. The largest absolute Gasteiger partial charge is 0.492 e. The third-order valence-corrected chi connectivity index (χ3v) is 3.95. The van der Waals surface area contributed by atoms with Crippen molar-refractivity contribution in [2.45, 2.75) is 26.0 Å². The molecule has 1 aliphatic rings. The molecule has 6 heteroatoms. The third kappa shape index (κ3) is 4.24.